The van der Waals surface area contributed by atoms with E-state index in [0.717, 1.165) is 11.4 Å². The smallest absolute Gasteiger partial charge is 0.248 e. The van der Waals surface area contributed by atoms with E-state index in [1.807, 2.05) is 20.8 Å². The highest BCUT2D eigenvalue weighted by Crippen LogP contribution is 2.64. The first kappa shape index (κ1) is 24.8. The van der Waals surface area contributed by atoms with Crippen LogP contribution in [0.3, 0.4) is 0 Å². The molecule has 2 nitrogen and oxygen atoms in total. The molecular weight excluding hydrogens is 426 g/mol. The zero-order valence-electron chi connectivity index (χ0n) is 15.8. The van der Waals surface area contributed by atoms with Crippen LogP contribution in [0.5, 0.6) is 0 Å². The lowest BCUT2D eigenvalue weighted by molar-refractivity contribution is 0.152. The maximum Gasteiger partial charge on any atom is 0.248 e. The first-order valence-electron chi connectivity index (χ1n) is 8.53. The van der Waals surface area contributed by atoms with Gasteiger partial charge in [0.2, 0.25) is 11.5 Å². The number of hydrogen-bond acceptors (Lipinski definition) is 4. The summed E-state index contributed by atoms with van der Waals surface area (Å²) >= 11 is 6.25. The zero-order chi connectivity index (χ0) is 20.9. The van der Waals surface area contributed by atoms with Gasteiger partial charge in [-0.05, 0) is 44.4 Å². The molecule has 3 atom stereocenters. The molecule has 156 valence electrons. The quantitative estimate of drug-likeness (QED) is 0.164. The molecule has 0 aliphatic heterocycles. The van der Waals surface area contributed by atoms with Crippen molar-refractivity contribution in [1.82, 2.24) is 0 Å². The molecule has 1 aromatic rings. The summed E-state index contributed by atoms with van der Waals surface area (Å²) in [5, 5.41) is 0. The zero-order valence-corrected chi connectivity index (χ0v) is 18.4. The van der Waals surface area contributed by atoms with Crippen molar-refractivity contribution >= 4 is 28.9 Å². The van der Waals surface area contributed by atoms with E-state index in [9.17, 15) is 22.0 Å². The lowest BCUT2D eigenvalue weighted by atomic mass is 10.1. The van der Waals surface area contributed by atoms with Crippen LogP contribution in [-0.2, 0) is 26.6 Å². The maximum atomic E-state index is 13.9. The van der Waals surface area contributed by atoms with Gasteiger partial charge >= 0.3 is 0 Å². The van der Waals surface area contributed by atoms with Crippen LogP contribution in [0.15, 0.2) is 0 Å². The molecule has 0 heterocycles. The van der Waals surface area contributed by atoms with Crippen molar-refractivity contribution in [2.75, 3.05) is 0 Å². The molecular formula is C17H24F5O2PS2. The summed E-state index contributed by atoms with van der Waals surface area (Å²) in [6, 6.07) is 0. The highest BCUT2D eigenvalue weighted by molar-refractivity contribution is 8.67. The van der Waals surface area contributed by atoms with Crippen molar-refractivity contribution in [3.8, 4) is 0 Å². The fourth-order valence-corrected chi connectivity index (χ4v) is 7.52. The second-order valence-corrected chi connectivity index (χ2v) is 12.9. The molecule has 0 aromatic heterocycles. The average molecular weight is 450 g/mol. The Morgan fingerprint density at radius 1 is 0.852 bits per heavy atom. The van der Waals surface area contributed by atoms with Crippen LogP contribution in [0.1, 0.15) is 53.0 Å². The molecule has 0 aliphatic carbocycles. The molecule has 0 fully saturated rings. The summed E-state index contributed by atoms with van der Waals surface area (Å²) < 4.78 is 79.4. The Hall–Kier alpha value is -0.210. The van der Waals surface area contributed by atoms with Gasteiger partial charge in [0, 0.05) is 11.3 Å². The van der Waals surface area contributed by atoms with Crippen molar-refractivity contribution in [2.45, 2.75) is 65.4 Å². The van der Waals surface area contributed by atoms with E-state index in [2.05, 4.69) is 0 Å². The first-order valence-corrected chi connectivity index (χ1v) is 12.8. The van der Waals surface area contributed by atoms with Crippen molar-refractivity contribution in [1.29, 1.82) is 0 Å². The fraction of sp³-hybridized carbons (Fsp3) is 0.647. The van der Waals surface area contributed by atoms with Gasteiger partial charge in [-0.25, -0.2) is 22.0 Å². The normalized spacial score (nSPS) is 16.4. The van der Waals surface area contributed by atoms with Crippen LogP contribution in [-0.4, -0.2) is 12.2 Å². The Morgan fingerprint density at radius 2 is 1.30 bits per heavy atom. The van der Waals surface area contributed by atoms with E-state index < -0.39 is 46.1 Å². The molecule has 0 aliphatic rings. The largest absolute Gasteiger partial charge is 0.319 e. The van der Waals surface area contributed by atoms with Gasteiger partial charge in [-0.2, -0.15) is 0 Å². The third kappa shape index (κ3) is 6.96. The van der Waals surface area contributed by atoms with E-state index in [4.69, 9.17) is 20.9 Å². The minimum absolute atomic E-state index is 0.272. The highest BCUT2D eigenvalue weighted by Gasteiger charge is 2.30. The van der Waals surface area contributed by atoms with Crippen LogP contribution < -0.4 is 0 Å². The van der Waals surface area contributed by atoms with Gasteiger partial charge in [-0.1, -0.05) is 32.2 Å². The summed E-state index contributed by atoms with van der Waals surface area (Å²) in [6.45, 7) is 9.45. The Morgan fingerprint density at radius 3 is 1.74 bits per heavy atom. The van der Waals surface area contributed by atoms with Crippen molar-refractivity contribution < 1.29 is 31.0 Å². The van der Waals surface area contributed by atoms with Crippen LogP contribution in [0.25, 0.3) is 0 Å². The van der Waals surface area contributed by atoms with Gasteiger partial charge in [0.15, 0.2) is 23.3 Å². The summed E-state index contributed by atoms with van der Waals surface area (Å²) in [6.07, 6.45) is 0.768. The molecule has 10 heteroatoms. The Bertz CT molecular complexity index is 673. The van der Waals surface area contributed by atoms with E-state index in [1.54, 1.807) is 13.8 Å². The molecule has 0 radical (unpaired) electrons. The van der Waals surface area contributed by atoms with Gasteiger partial charge in [0.05, 0.1) is 12.2 Å². The van der Waals surface area contributed by atoms with Crippen LogP contribution >= 0.6 is 17.1 Å². The monoisotopic (exact) mass is 450 g/mol. The van der Waals surface area contributed by atoms with Gasteiger partial charge < -0.3 is 9.05 Å². The molecule has 0 saturated heterocycles. The molecule has 0 N–H and O–H groups in total. The third-order valence-electron chi connectivity index (χ3n) is 3.66. The van der Waals surface area contributed by atoms with Gasteiger partial charge in [0.25, 0.3) is 0 Å². The molecule has 3 unspecified atom stereocenters. The SMILES string of the molecule is CCC(C)OP(=S)(OC(C)CC(C)C)SCc1c(F)c(F)c(F)c(F)c1F. The van der Waals surface area contributed by atoms with E-state index in [-0.39, 0.29) is 12.2 Å². The Kier molecular flexibility index (Phi) is 9.69. The standard InChI is InChI=1S/C17H24F5O2PS2/c1-6-10(4)23-25(26,24-11(5)7-9(2)3)27-8-12-13(18)15(20)17(22)16(21)14(12)19/h9-11H,6-8H2,1-5H3. The molecule has 1 aromatic carbocycles. The van der Waals surface area contributed by atoms with Gasteiger partial charge in [-0.3, -0.25) is 0 Å². The third-order valence-corrected chi connectivity index (χ3v) is 8.95. The second kappa shape index (κ2) is 10.5. The molecule has 0 bridgehead atoms. The molecule has 1 rings (SSSR count). The number of hydrogen-bond donors (Lipinski definition) is 0. The molecule has 0 spiro atoms. The molecule has 0 saturated carbocycles. The van der Waals surface area contributed by atoms with Gasteiger partial charge in [-0.15, -0.1) is 0 Å². The minimum atomic E-state index is -3.07. The summed E-state index contributed by atoms with van der Waals surface area (Å²) in [4.78, 5) is 0. The lowest BCUT2D eigenvalue weighted by Crippen LogP contribution is -2.13. The first-order chi connectivity index (χ1) is 12.4. The number of halogens is 5. The van der Waals surface area contributed by atoms with E-state index >= 15 is 0 Å². The Labute approximate surface area is 166 Å². The number of rotatable bonds is 10. The highest BCUT2D eigenvalue weighted by atomic mass is 32.9. The summed E-state index contributed by atoms with van der Waals surface area (Å²) in [5.74, 6) is -10.1. The van der Waals surface area contributed by atoms with Gasteiger partial charge in [0.1, 0.15) is 0 Å². The molecule has 27 heavy (non-hydrogen) atoms. The summed E-state index contributed by atoms with van der Waals surface area (Å²) in [7, 11) is 0. The summed E-state index contributed by atoms with van der Waals surface area (Å²) in [5.41, 5.74) is -4.01. The lowest BCUT2D eigenvalue weighted by Gasteiger charge is -2.28. The van der Waals surface area contributed by atoms with E-state index in [1.165, 1.54) is 0 Å². The maximum absolute atomic E-state index is 13.9. The van der Waals surface area contributed by atoms with Crippen LogP contribution in [0.4, 0.5) is 22.0 Å². The predicted molar refractivity (Wildman–Crippen MR) is 103 cm³/mol. The minimum Gasteiger partial charge on any atom is -0.319 e. The second-order valence-electron chi connectivity index (χ2n) is 6.64. The molecule has 0 amide bonds. The average Bonchev–Trinajstić information content (AvgIpc) is 2.57. The van der Waals surface area contributed by atoms with E-state index in [0.29, 0.717) is 18.8 Å². The fourth-order valence-electron chi connectivity index (χ4n) is 2.23. The topological polar surface area (TPSA) is 18.5 Å². The van der Waals surface area contributed by atoms with Crippen LogP contribution in [0.2, 0.25) is 0 Å². The predicted octanol–water partition coefficient (Wildman–Crippen LogP) is 7.11. The number of benzene rings is 1. The van der Waals surface area contributed by atoms with Crippen molar-refractivity contribution in [3.63, 3.8) is 0 Å². The van der Waals surface area contributed by atoms with Crippen LogP contribution in [0, 0.1) is 35.0 Å². The van der Waals surface area contributed by atoms with Crippen molar-refractivity contribution in [2.24, 2.45) is 5.92 Å². The van der Waals surface area contributed by atoms with Crippen molar-refractivity contribution in [3.05, 3.63) is 34.6 Å². The Balaban J connectivity index is 3.09.